The number of aromatic nitrogens is 2. The predicted molar refractivity (Wildman–Crippen MR) is 123 cm³/mol. The molecule has 2 aromatic rings. The molecule has 8 heteroatoms. The van der Waals surface area contributed by atoms with Gasteiger partial charge in [-0.3, -0.25) is 20.4 Å². The third-order valence-corrected chi connectivity index (χ3v) is 5.99. The van der Waals surface area contributed by atoms with E-state index in [1.807, 2.05) is 0 Å². The molecular weight excluding hydrogens is 398 g/mol. The number of hydrogen-bond donors (Lipinski definition) is 3. The zero-order chi connectivity index (χ0) is 21.5. The van der Waals surface area contributed by atoms with E-state index < -0.39 is 5.91 Å². The van der Waals surface area contributed by atoms with Crippen molar-refractivity contribution < 1.29 is 4.79 Å². The first kappa shape index (κ1) is 22.2. The normalized spacial score (nSPS) is 18.7. The zero-order valence-corrected chi connectivity index (χ0v) is 18.6. The number of rotatable bonds is 6. The second-order valence-electron chi connectivity index (χ2n) is 8.05. The van der Waals surface area contributed by atoms with Gasteiger partial charge in [0.1, 0.15) is 0 Å². The first-order chi connectivity index (χ1) is 14.5. The molecule has 162 valence electrons. The summed E-state index contributed by atoms with van der Waals surface area (Å²) in [6.07, 6.45) is 7.59. The van der Waals surface area contributed by atoms with Gasteiger partial charge in [-0.15, -0.1) is 0 Å². The summed E-state index contributed by atoms with van der Waals surface area (Å²) in [7, 11) is 0. The summed E-state index contributed by atoms with van der Waals surface area (Å²) in [5.41, 5.74) is 5.47. The Labute approximate surface area is 182 Å². The maximum absolute atomic E-state index is 12.9. The summed E-state index contributed by atoms with van der Waals surface area (Å²) in [4.78, 5) is 25.6. The number of hydrazine groups is 1. The number of aryl methyl sites for hydroxylation is 1. The van der Waals surface area contributed by atoms with Crippen molar-refractivity contribution in [2.75, 3.05) is 0 Å². The van der Waals surface area contributed by atoms with Crippen LogP contribution in [0.5, 0.6) is 0 Å². The molecule has 0 unspecified atom stereocenters. The molecule has 2 atom stereocenters. The fourth-order valence-corrected chi connectivity index (χ4v) is 4.18. The van der Waals surface area contributed by atoms with Gasteiger partial charge in [0, 0.05) is 18.0 Å². The Kier molecular flexibility index (Phi) is 7.79. The van der Waals surface area contributed by atoms with Gasteiger partial charge in [0.05, 0.1) is 5.39 Å². The highest BCUT2D eigenvalue weighted by molar-refractivity contribution is 7.80. The van der Waals surface area contributed by atoms with Crippen molar-refractivity contribution in [1.82, 2.24) is 25.9 Å². The van der Waals surface area contributed by atoms with Gasteiger partial charge in [0.25, 0.3) is 11.5 Å². The second kappa shape index (κ2) is 10.5. The molecule has 0 bridgehead atoms. The summed E-state index contributed by atoms with van der Waals surface area (Å²) >= 11 is 5.36. The smallest absolute Gasteiger partial charge is 0.290 e. The quantitative estimate of drug-likeness (QED) is 0.371. The van der Waals surface area contributed by atoms with Crippen molar-refractivity contribution >= 4 is 34.0 Å². The van der Waals surface area contributed by atoms with E-state index in [2.05, 4.69) is 35.1 Å². The van der Waals surface area contributed by atoms with Crippen LogP contribution in [-0.4, -0.2) is 26.8 Å². The number of hydrogen-bond acceptors (Lipinski definition) is 4. The minimum Gasteiger partial charge on any atom is -0.358 e. The van der Waals surface area contributed by atoms with Crippen molar-refractivity contribution in [3.8, 4) is 0 Å². The van der Waals surface area contributed by atoms with Crippen LogP contribution < -0.4 is 21.7 Å². The van der Waals surface area contributed by atoms with Gasteiger partial charge >= 0.3 is 0 Å². The van der Waals surface area contributed by atoms with E-state index >= 15 is 0 Å². The van der Waals surface area contributed by atoms with Gasteiger partial charge in [-0.2, -0.15) is 5.10 Å². The molecule has 1 saturated carbocycles. The van der Waals surface area contributed by atoms with Crippen LogP contribution in [0.3, 0.4) is 0 Å². The molecule has 1 amide bonds. The molecule has 1 heterocycles. The average Bonchev–Trinajstić information content (AvgIpc) is 2.75. The lowest BCUT2D eigenvalue weighted by molar-refractivity contribution is 0.0937. The molecule has 7 nitrogen and oxygen atoms in total. The van der Waals surface area contributed by atoms with E-state index in [-0.39, 0.29) is 11.3 Å². The van der Waals surface area contributed by atoms with E-state index in [0.717, 1.165) is 25.7 Å². The summed E-state index contributed by atoms with van der Waals surface area (Å²) in [6, 6.07) is 7.39. The summed E-state index contributed by atoms with van der Waals surface area (Å²) in [5.74, 6) is 0.128. The van der Waals surface area contributed by atoms with Crippen molar-refractivity contribution in [1.29, 1.82) is 0 Å². The monoisotopic (exact) mass is 429 g/mol. The van der Waals surface area contributed by atoms with Crippen LogP contribution in [0.2, 0.25) is 0 Å². The number of unbranched alkanes of at least 4 members (excludes halogenated alkanes) is 2. The van der Waals surface area contributed by atoms with Crippen LogP contribution in [0.4, 0.5) is 0 Å². The van der Waals surface area contributed by atoms with Crippen molar-refractivity contribution in [2.45, 2.75) is 71.4 Å². The average molecular weight is 430 g/mol. The number of nitrogens with one attached hydrogen (secondary N) is 3. The Morgan fingerprint density at radius 1 is 1.17 bits per heavy atom. The Bertz CT molecular complexity index is 958. The zero-order valence-electron chi connectivity index (χ0n) is 17.7. The molecule has 0 aliphatic heterocycles. The Hall–Kier alpha value is -2.48. The third-order valence-electron chi connectivity index (χ3n) is 5.77. The SMILES string of the molecule is CCCCCn1nc(C(=O)NNC(=S)N[C@H]2CCCC[C@@H]2C)c2ccccc2c1=O. The van der Waals surface area contributed by atoms with Gasteiger partial charge in [0.15, 0.2) is 10.8 Å². The molecule has 1 aromatic carbocycles. The van der Waals surface area contributed by atoms with Crippen molar-refractivity contribution in [3.63, 3.8) is 0 Å². The van der Waals surface area contributed by atoms with Crippen LogP contribution >= 0.6 is 12.2 Å². The van der Waals surface area contributed by atoms with E-state index in [1.165, 1.54) is 23.9 Å². The molecular formula is C22H31N5O2S. The number of nitrogens with zero attached hydrogens (tertiary/aromatic N) is 2. The molecule has 1 fully saturated rings. The molecule has 1 aromatic heterocycles. The van der Waals surface area contributed by atoms with Crippen LogP contribution in [-0.2, 0) is 6.54 Å². The minimum atomic E-state index is -0.420. The second-order valence-corrected chi connectivity index (χ2v) is 8.46. The summed E-state index contributed by atoms with van der Waals surface area (Å²) in [6.45, 7) is 4.81. The van der Waals surface area contributed by atoms with Crippen molar-refractivity contribution in [3.05, 3.63) is 40.3 Å². The molecule has 30 heavy (non-hydrogen) atoms. The Balaban J connectivity index is 1.72. The standard InChI is InChI=1S/C22H31N5O2S/c1-3-4-9-14-27-21(29)17-12-7-6-11-16(17)19(26-27)20(28)24-25-22(30)23-18-13-8-5-10-15(18)2/h6-7,11-12,15,18H,3-5,8-10,13-14H2,1-2H3,(H,24,28)(H2,23,25,30)/t15-,18-/m0/s1. The topological polar surface area (TPSA) is 88.1 Å². The molecule has 0 saturated heterocycles. The number of benzene rings is 1. The van der Waals surface area contributed by atoms with Gasteiger partial charge in [-0.25, -0.2) is 4.68 Å². The third kappa shape index (κ3) is 5.36. The number of thiocarbonyl (C=S) groups is 1. The minimum absolute atomic E-state index is 0.172. The highest BCUT2D eigenvalue weighted by atomic mass is 32.1. The molecule has 0 radical (unpaired) electrons. The number of amides is 1. The molecule has 3 rings (SSSR count). The van der Waals surface area contributed by atoms with E-state index in [1.54, 1.807) is 24.3 Å². The lowest BCUT2D eigenvalue weighted by atomic mass is 9.86. The lowest BCUT2D eigenvalue weighted by Gasteiger charge is -2.30. The first-order valence-electron chi connectivity index (χ1n) is 10.9. The Morgan fingerprint density at radius 3 is 2.63 bits per heavy atom. The fraction of sp³-hybridized carbons (Fsp3) is 0.545. The highest BCUT2D eigenvalue weighted by Gasteiger charge is 2.22. The van der Waals surface area contributed by atoms with E-state index in [0.29, 0.717) is 34.4 Å². The summed E-state index contributed by atoms with van der Waals surface area (Å²) < 4.78 is 1.40. The highest BCUT2D eigenvalue weighted by Crippen LogP contribution is 2.23. The van der Waals surface area contributed by atoms with Gasteiger partial charge in [-0.05, 0) is 43.5 Å². The molecule has 3 N–H and O–H groups in total. The van der Waals surface area contributed by atoms with E-state index in [4.69, 9.17) is 12.2 Å². The van der Waals surface area contributed by atoms with Gasteiger partial charge in [-0.1, -0.05) is 57.7 Å². The van der Waals surface area contributed by atoms with E-state index in [9.17, 15) is 9.59 Å². The van der Waals surface area contributed by atoms with Crippen molar-refractivity contribution in [2.24, 2.45) is 5.92 Å². The van der Waals surface area contributed by atoms with Crippen LogP contribution in [0.1, 0.15) is 69.3 Å². The van der Waals surface area contributed by atoms with Crippen LogP contribution in [0.25, 0.3) is 10.8 Å². The Morgan fingerprint density at radius 2 is 1.90 bits per heavy atom. The largest absolute Gasteiger partial charge is 0.358 e. The number of carbonyl (C=O) groups is 1. The molecule has 1 aliphatic carbocycles. The van der Waals surface area contributed by atoms with Gasteiger partial charge < -0.3 is 5.32 Å². The first-order valence-corrected chi connectivity index (χ1v) is 11.3. The molecule has 0 spiro atoms. The number of carbonyl (C=O) groups excluding carboxylic acids is 1. The van der Waals surface area contributed by atoms with Crippen LogP contribution in [0.15, 0.2) is 29.1 Å². The summed E-state index contributed by atoms with van der Waals surface area (Å²) in [5, 5.41) is 9.08. The number of fused-ring (bicyclic) bond motifs is 1. The maximum Gasteiger partial charge on any atom is 0.290 e. The van der Waals surface area contributed by atoms with Gasteiger partial charge in [0.2, 0.25) is 0 Å². The predicted octanol–water partition coefficient (Wildman–Crippen LogP) is 3.27. The molecule has 1 aliphatic rings. The van der Waals surface area contributed by atoms with Crippen LogP contribution in [0, 0.1) is 5.92 Å². The fourth-order valence-electron chi connectivity index (χ4n) is 3.97. The maximum atomic E-state index is 12.9. The lowest BCUT2D eigenvalue weighted by Crippen LogP contribution is -2.51.